The van der Waals surface area contributed by atoms with Gasteiger partial charge in [-0.25, -0.2) is 4.98 Å². The number of nitrogens with one attached hydrogen (secondary N) is 1. The molecule has 1 aromatic heterocycles. The van der Waals surface area contributed by atoms with Gasteiger partial charge >= 0.3 is 0 Å². The molecule has 1 saturated heterocycles. The van der Waals surface area contributed by atoms with Gasteiger partial charge in [-0.05, 0) is 50.7 Å². The van der Waals surface area contributed by atoms with Crippen LogP contribution in [0.25, 0.3) is 11.4 Å². The van der Waals surface area contributed by atoms with Crippen LogP contribution in [0.1, 0.15) is 60.6 Å². The molecule has 1 amide bonds. The van der Waals surface area contributed by atoms with E-state index in [-0.39, 0.29) is 18.6 Å². The van der Waals surface area contributed by atoms with E-state index in [2.05, 4.69) is 15.2 Å². The van der Waals surface area contributed by atoms with Crippen LogP contribution in [0.15, 0.2) is 24.3 Å². The lowest BCUT2D eigenvalue weighted by Gasteiger charge is -2.24. The minimum absolute atomic E-state index is 0.0839. The number of aliphatic hydroxyl groups is 1. The maximum Gasteiger partial charge on any atom is 0.254 e. The van der Waals surface area contributed by atoms with Crippen LogP contribution in [0.3, 0.4) is 0 Å². The molecule has 6 nitrogen and oxygen atoms in total. The molecule has 2 aromatic rings. The second-order valence-corrected chi connectivity index (χ2v) is 7.06. The summed E-state index contributed by atoms with van der Waals surface area (Å²) in [6.07, 6.45) is 6.08. The summed E-state index contributed by atoms with van der Waals surface area (Å²) in [6.45, 7) is 0.995. The summed E-state index contributed by atoms with van der Waals surface area (Å²) < 4.78 is 0. The van der Waals surface area contributed by atoms with Gasteiger partial charge in [-0.15, -0.1) is 0 Å². The molecule has 4 rings (SSSR count). The average molecular weight is 340 g/mol. The van der Waals surface area contributed by atoms with Gasteiger partial charge < -0.3 is 10.0 Å². The fraction of sp³-hybridized carbons (Fsp3) is 0.526. The Morgan fingerprint density at radius 3 is 2.76 bits per heavy atom. The summed E-state index contributed by atoms with van der Waals surface area (Å²) in [5, 5.41) is 16.3. The van der Waals surface area contributed by atoms with Crippen LogP contribution in [-0.2, 0) is 0 Å². The molecular formula is C19H24N4O2. The summed E-state index contributed by atoms with van der Waals surface area (Å²) >= 11 is 0. The number of carbonyl (C=O) groups excluding carboxylic acids is 1. The van der Waals surface area contributed by atoms with Crippen LogP contribution in [0.2, 0.25) is 0 Å². The van der Waals surface area contributed by atoms with Crippen molar-refractivity contribution in [2.75, 3.05) is 13.2 Å². The van der Waals surface area contributed by atoms with E-state index in [0.717, 1.165) is 43.6 Å². The van der Waals surface area contributed by atoms with Gasteiger partial charge in [-0.3, -0.25) is 9.89 Å². The zero-order chi connectivity index (χ0) is 17.2. The molecule has 0 spiro atoms. The molecule has 1 unspecified atom stereocenters. The minimum atomic E-state index is 0.0839. The van der Waals surface area contributed by atoms with E-state index in [1.807, 2.05) is 29.2 Å². The SMILES string of the molecule is O=C(c1ccc(-c2n[nH]c(C3CC3)n2)cc1)N1CCCC1CCCO. The van der Waals surface area contributed by atoms with Gasteiger partial charge in [-0.2, -0.15) is 5.10 Å². The smallest absolute Gasteiger partial charge is 0.254 e. The topological polar surface area (TPSA) is 82.1 Å². The van der Waals surface area contributed by atoms with Gasteiger partial charge in [0, 0.05) is 36.2 Å². The molecular weight excluding hydrogens is 316 g/mol. The van der Waals surface area contributed by atoms with E-state index in [0.29, 0.717) is 17.3 Å². The Balaban J connectivity index is 1.46. The van der Waals surface area contributed by atoms with Crippen molar-refractivity contribution in [2.45, 2.75) is 50.5 Å². The van der Waals surface area contributed by atoms with E-state index >= 15 is 0 Å². The van der Waals surface area contributed by atoms with Crippen molar-refractivity contribution >= 4 is 5.91 Å². The molecule has 2 N–H and O–H groups in total. The molecule has 2 fully saturated rings. The van der Waals surface area contributed by atoms with E-state index in [9.17, 15) is 4.79 Å². The Kier molecular flexibility index (Phi) is 4.53. The fourth-order valence-corrected chi connectivity index (χ4v) is 3.60. The number of carbonyl (C=O) groups is 1. The van der Waals surface area contributed by atoms with Gasteiger partial charge in [-0.1, -0.05) is 12.1 Å². The molecule has 1 saturated carbocycles. The van der Waals surface area contributed by atoms with Gasteiger partial charge in [0.15, 0.2) is 5.82 Å². The van der Waals surface area contributed by atoms with Crippen molar-refractivity contribution in [3.8, 4) is 11.4 Å². The molecule has 2 aliphatic rings. The lowest BCUT2D eigenvalue weighted by Crippen LogP contribution is -2.35. The molecule has 132 valence electrons. The third kappa shape index (κ3) is 3.44. The van der Waals surface area contributed by atoms with Gasteiger partial charge in [0.05, 0.1) is 0 Å². The number of hydrogen-bond acceptors (Lipinski definition) is 4. The quantitative estimate of drug-likeness (QED) is 0.847. The maximum absolute atomic E-state index is 12.8. The van der Waals surface area contributed by atoms with Crippen LogP contribution >= 0.6 is 0 Å². The highest BCUT2D eigenvalue weighted by Gasteiger charge is 2.29. The first-order valence-electron chi connectivity index (χ1n) is 9.21. The molecule has 6 heteroatoms. The monoisotopic (exact) mass is 340 g/mol. The summed E-state index contributed by atoms with van der Waals surface area (Å²) in [5.41, 5.74) is 1.63. The number of aromatic amines is 1. The number of likely N-dealkylation sites (tertiary alicyclic amines) is 1. The summed E-state index contributed by atoms with van der Waals surface area (Å²) in [7, 11) is 0. The van der Waals surface area contributed by atoms with Crippen LogP contribution in [0.5, 0.6) is 0 Å². The zero-order valence-electron chi connectivity index (χ0n) is 14.3. The summed E-state index contributed by atoms with van der Waals surface area (Å²) in [4.78, 5) is 19.3. The fourth-order valence-electron chi connectivity index (χ4n) is 3.60. The van der Waals surface area contributed by atoms with Crippen molar-refractivity contribution in [1.29, 1.82) is 0 Å². The lowest BCUT2D eigenvalue weighted by atomic mass is 10.1. The number of rotatable bonds is 6. The molecule has 1 aliphatic heterocycles. The third-order valence-electron chi connectivity index (χ3n) is 5.19. The zero-order valence-corrected chi connectivity index (χ0v) is 14.3. The number of aromatic nitrogens is 3. The number of H-pyrrole nitrogens is 1. The predicted molar refractivity (Wildman–Crippen MR) is 94.2 cm³/mol. The highest BCUT2D eigenvalue weighted by molar-refractivity contribution is 5.95. The largest absolute Gasteiger partial charge is 0.396 e. The number of nitrogens with zero attached hydrogens (tertiary/aromatic N) is 3. The van der Waals surface area contributed by atoms with Crippen molar-refractivity contribution in [2.24, 2.45) is 0 Å². The molecule has 1 atom stereocenters. The molecule has 0 radical (unpaired) electrons. The molecule has 0 bridgehead atoms. The summed E-state index contributed by atoms with van der Waals surface area (Å²) in [6, 6.07) is 7.84. The molecule has 2 heterocycles. The van der Waals surface area contributed by atoms with E-state index in [4.69, 9.17) is 5.11 Å². The Hall–Kier alpha value is -2.21. The number of amides is 1. The lowest BCUT2D eigenvalue weighted by molar-refractivity contribution is 0.0724. The number of aliphatic hydroxyl groups excluding tert-OH is 1. The van der Waals surface area contributed by atoms with Crippen molar-refractivity contribution < 1.29 is 9.90 Å². The van der Waals surface area contributed by atoms with Crippen LogP contribution in [-0.4, -0.2) is 50.3 Å². The Morgan fingerprint density at radius 2 is 2.04 bits per heavy atom. The van der Waals surface area contributed by atoms with Crippen LogP contribution in [0.4, 0.5) is 0 Å². The van der Waals surface area contributed by atoms with E-state index < -0.39 is 0 Å². The summed E-state index contributed by atoms with van der Waals surface area (Å²) in [5.74, 6) is 2.30. The van der Waals surface area contributed by atoms with Crippen LogP contribution in [0, 0.1) is 0 Å². The maximum atomic E-state index is 12.8. The van der Waals surface area contributed by atoms with Gasteiger partial charge in [0.1, 0.15) is 5.82 Å². The van der Waals surface area contributed by atoms with Crippen molar-refractivity contribution in [1.82, 2.24) is 20.1 Å². The van der Waals surface area contributed by atoms with Crippen LogP contribution < -0.4 is 0 Å². The second-order valence-electron chi connectivity index (χ2n) is 7.06. The highest BCUT2D eigenvalue weighted by Crippen LogP contribution is 2.38. The van der Waals surface area contributed by atoms with Crippen molar-refractivity contribution in [3.05, 3.63) is 35.7 Å². The normalized spacial score (nSPS) is 20.2. The third-order valence-corrected chi connectivity index (χ3v) is 5.19. The first-order valence-corrected chi connectivity index (χ1v) is 9.21. The molecule has 1 aliphatic carbocycles. The average Bonchev–Trinajstić information content (AvgIpc) is 3.20. The second kappa shape index (κ2) is 6.96. The molecule has 1 aromatic carbocycles. The Labute approximate surface area is 147 Å². The number of hydrogen-bond donors (Lipinski definition) is 2. The Morgan fingerprint density at radius 1 is 1.24 bits per heavy atom. The first-order chi connectivity index (χ1) is 12.3. The minimum Gasteiger partial charge on any atom is -0.396 e. The van der Waals surface area contributed by atoms with Crippen molar-refractivity contribution in [3.63, 3.8) is 0 Å². The Bertz CT molecular complexity index is 736. The first kappa shape index (κ1) is 16.3. The van der Waals surface area contributed by atoms with Gasteiger partial charge in [0.25, 0.3) is 5.91 Å². The van der Waals surface area contributed by atoms with E-state index in [1.54, 1.807) is 0 Å². The number of benzene rings is 1. The van der Waals surface area contributed by atoms with Gasteiger partial charge in [0.2, 0.25) is 0 Å². The molecule has 25 heavy (non-hydrogen) atoms. The predicted octanol–water partition coefficient (Wildman–Crippen LogP) is 2.73. The standard InChI is InChI=1S/C19H24N4O2/c24-12-2-4-16-3-1-11-23(16)19(25)15-9-7-14(8-10-15)18-20-17(21-22-18)13-5-6-13/h7-10,13,16,24H,1-6,11-12H2,(H,20,21,22). The van der Waals surface area contributed by atoms with E-state index in [1.165, 1.54) is 12.8 Å². The highest BCUT2D eigenvalue weighted by atomic mass is 16.3.